The zero-order valence-electron chi connectivity index (χ0n) is 30.9. The van der Waals surface area contributed by atoms with Crippen LogP contribution in [0.15, 0.2) is 178 Å². The molecule has 1 aliphatic heterocycles. The molecule has 10 aromatic rings. The molecule has 0 bridgehead atoms. The van der Waals surface area contributed by atoms with Gasteiger partial charge in [-0.15, -0.1) is 0 Å². The van der Waals surface area contributed by atoms with Crippen molar-refractivity contribution in [1.29, 1.82) is 0 Å². The lowest BCUT2D eigenvalue weighted by Gasteiger charge is -2.34. The number of aliphatic imine (C=N–C) groups is 1. The molecule has 272 valence electrons. The third kappa shape index (κ3) is 5.11. The van der Waals surface area contributed by atoms with E-state index in [1.54, 1.807) is 0 Å². The number of furan rings is 2. The summed E-state index contributed by atoms with van der Waals surface area (Å²) in [5.41, 5.74) is 11.4. The molecule has 1 aliphatic carbocycles. The van der Waals surface area contributed by atoms with Gasteiger partial charge in [0.2, 0.25) is 0 Å². The quantitative estimate of drug-likeness (QED) is 0.185. The monoisotopic (exact) mass is 736 g/mol. The first-order valence-corrected chi connectivity index (χ1v) is 19.6. The molecule has 57 heavy (non-hydrogen) atoms. The molecular weight excluding hydrogens is 701 g/mol. The largest absolute Gasteiger partial charge is 0.456 e. The number of nitrogens with one attached hydrogen (secondary N) is 2. The van der Waals surface area contributed by atoms with Crippen LogP contribution in [-0.4, -0.2) is 10.4 Å². The molecule has 3 unspecified atom stereocenters. The molecule has 2 aliphatic rings. The van der Waals surface area contributed by atoms with E-state index < -0.39 is 0 Å². The number of rotatable bonds is 5. The standard InChI is InChI=1S/C51H36N4O2/c1-3-13-31(14-4-1)49-52-50(32-15-5-2-6-16-32)54-51(53-49)34-26-28-45-40(30-34)39-29-33(25-27-44(39)56-45)35-19-11-20-38-47-43(23-12-24-46(47)57-48(35)38)55-41-21-9-7-17-36(41)37-18-8-10-22-42(37)55/h1-25,27-30,34,49-50,52H,26H2,(H,53,54). The summed E-state index contributed by atoms with van der Waals surface area (Å²) in [7, 11) is 0. The van der Waals surface area contributed by atoms with Crippen molar-refractivity contribution in [2.45, 2.75) is 18.8 Å². The summed E-state index contributed by atoms with van der Waals surface area (Å²) < 4.78 is 15.7. The normalized spacial score (nSPS) is 18.0. The molecule has 2 N–H and O–H groups in total. The number of benzene rings is 7. The molecule has 0 amide bonds. The van der Waals surface area contributed by atoms with Gasteiger partial charge in [-0.3, -0.25) is 5.32 Å². The van der Waals surface area contributed by atoms with Gasteiger partial charge in [-0.1, -0.05) is 133 Å². The average molecular weight is 737 g/mol. The third-order valence-corrected chi connectivity index (χ3v) is 11.8. The van der Waals surface area contributed by atoms with E-state index in [1.165, 1.54) is 27.4 Å². The van der Waals surface area contributed by atoms with E-state index in [0.717, 1.165) is 78.2 Å². The van der Waals surface area contributed by atoms with E-state index in [4.69, 9.17) is 13.8 Å². The highest BCUT2D eigenvalue weighted by Gasteiger charge is 2.29. The Hall–Kier alpha value is -7.15. The summed E-state index contributed by atoms with van der Waals surface area (Å²) in [6.07, 6.45) is 5.10. The molecule has 6 nitrogen and oxygen atoms in total. The second-order valence-electron chi connectivity index (χ2n) is 15.1. The minimum atomic E-state index is -0.171. The van der Waals surface area contributed by atoms with Crippen LogP contribution in [0.2, 0.25) is 0 Å². The summed E-state index contributed by atoms with van der Waals surface area (Å²) in [6.45, 7) is 0. The Morgan fingerprint density at radius 1 is 0.596 bits per heavy atom. The van der Waals surface area contributed by atoms with Crippen LogP contribution in [0.1, 0.15) is 29.9 Å². The van der Waals surface area contributed by atoms with Crippen molar-refractivity contribution >= 4 is 72.7 Å². The average Bonchev–Trinajstić information content (AvgIpc) is 3.96. The smallest absolute Gasteiger partial charge is 0.143 e. The Labute approximate surface area is 327 Å². The number of aromatic nitrogens is 1. The number of hydrogen-bond donors (Lipinski definition) is 2. The second kappa shape index (κ2) is 12.7. The van der Waals surface area contributed by atoms with Crippen LogP contribution < -0.4 is 21.3 Å². The Kier molecular flexibility index (Phi) is 7.16. The number of hydrogen-bond acceptors (Lipinski definition) is 5. The Morgan fingerprint density at radius 3 is 2.09 bits per heavy atom. The van der Waals surface area contributed by atoms with Crippen molar-refractivity contribution < 1.29 is 8.83 Å². The highest BCUT2D eigenvalue weighted by atomic mass is 16.3. The maximum Gasteiger partial charge on any atom is 0.143 e. The predicted molar refractivity (Wildman–Crippen MR) is 232 cm³/mol. The Morgan fingerprint density at radius 2 is 1.30 bits per heavy atom. The highest BCUT2D eigenvalue weighted by Crippen LogP contribution is 2.41. The van der Waals surface area contributed by atoms with E-state index in [0.29, 0.717) is 0 Å². The number of amidine groups is 1. The minimum absolute atomic E-state index is 0.0551. The molecule has 0 spiro atoms. The molecule has 4 heterocycles. The lowest BCUT2D eigenvalue weighted by molar-refractivity contribution is 0.401. The number of para-hydroxylation sites is 3. The van der Waals surface area contributed by atoms with Gasteiger partial charge in [-0.2, -0.15) is 0 Å². The van der Waals surface area contributed by atoms with Crippen LogP contribution in [0.4, 0.5) is 0 Å². The van der Waals surface area contributed by atoms with E-state index in [-0.39, 0.29) is 18.2 Å². The van der Waals surface area contributed by atoms with E-state index in [1.807, 2.05) is 6.07 Å². The molecule has 12 rings (SSSR count). The van der Waals surface area contributed by atoms with Crippen molar-refractivity contribution in [2.75, 3.05) is 0 Å². The van der Waals surface area contributed by atoms with Gasteiger partial charge in [0.25, 0.3) is 0 Å². The van der Waals surface area contributed by atoms with Crippen molar-refractivity contribution in [3.63, 3.8) is 0 Å². The molecule has 0 saturated heterocycles. The number of nitrogens with zero attached hydrogens (tertiary/aromatic N) is 2. The van der Waals surface area contributed by atoms with E-state index in [9.17, 15) is 0 Å². The molecule has 0 radical (unpaired) electrons. The van der Waals surface area contributed by atoms with Crippen LogP contribution in [0.3, 0.4) is 0 Å². The van der Waals surface area contributed by atoms with Gasteiger partial charge >= 0.3 is 0 Å². The fourth-order valence-electron chi connectivity index (χ4n) is 9.14. The summed E-state index contributed by atoms with van der Waals surface area (Å²) in [6, 6.07) is 57.7. The van der Waals surface area contributed by atoms with Gasteiger partial charge < -0.3 is 18.7 Å². The van der Waals surface area contributed by atoms with Crippen molar-refractivity contribution in [3.8, 4) is 16.8 Å². The molecule has 3 atom stereocenters. The molecule has 6 heteroatoms. The van der Waals surface area contributed by atoms with Gasteiger partial charge in [0.1, 0.15) is 40.3 Å². The predicted octanol–water partition coefficient (Wildman–Crippen LogP) is 10.7. The van der Waals surface area contributed by atoms with Crippen LogP contribution in [0, 0.1) is 5.92 Å². The Bertz CT molecular complexity index is 3300. The van der Waals surface area contributed by atoms with Gasteiger partial charge in [0.05, 0.1) is 22.1 Å². The van der Waals surface area contributed by atoms with Crippen LogP contribution in [0.5, 0.6) is 0 Å². The maximum absolute atomic E-state index is 6.82. The van der Waals surface area contributed by atoms with Gasteiger partial charge in [-0.25, -0.2) is 4.99 Å². The van der Waals surface area contributed by atoms with Crippen LogP contribution in [-0.2, 0) is 0 Å². The summed E-state index contributed by atoms with van der Waals surface area (Å²) in [5, 5.41) is 14.3. The molecule has 0 saturated carbocycles. The zero-order valence-corrected chi connectivity index (χ0v) is 30.9. The lowest BCUT2D eigenvalue weighted by Crippen LogP contribution is -2.47. The van der Waals surface area contributed by atoms with Gasteiger partial charge in [0, 0.05) is 38.2 Å². The zero-order chi connectivity index (χ0) is 37.5. The highest BCUT2D eigenvalue weighted by molar-refractivity contribution is 6.16. The fraction of sp³-hybridized carbons (Fsp3) is 0.0784. The van der Waals surface area contributed by atoms with Crippen molar-refractivity contribution in [1.82, 2.24) is 15.2 Å². The summed E-state index contributed by atoms with van der Waals surface area (Å²) in [4.78, 5) is 5.27. The number of fused-ring (bicyclic) bond motifs is 9. The molecule has 0 fully saturated rings. The SMILES string of the molecule is C1=c2oc3ccc(-c4cccc5c4oc4cccc(-n6c7ccccc7c7ccccc76)c45)cc3c2=CC(C2=NC(c3ccccc3)NC(c3ccccc3)N2)C1. The molecule has 3 aromatic heterocycles. The van der Waals surface area contributed by atoms with Crippen LogP contribution >= 0.6 is 0 Å². The first kappa shape index (κ1) is 32.1. The van der Waals surface area contributed by atoms with E-state index >= 15 is 0 Å². The second-order valence-corrected chi connectivity index (χ2v) is 15.1. The summed E-state index contributed by atoms with van der Waals surface area (Å²) >= 11 is 0. The van der Waals surface area contributed by atoms with Crippen molar-refractivity contribution in [3.05, 3.63) is 186 Å². The van der Waals surface area contributed by atoms with Crippen molar-refractivity contribution in [2.24, 2.45) is 10.9 Å². The fourth-order valence-corrected chi connectivity index (χ4v) is 9.14. The molecule has 7 aromatic carbocycles. The van der Waals surface area contributed by atoms with Gasteiger partial charge in [-0.05, 0) is 65.6 Å². The first-order chi connectivity index (χ1) is 28.2. The summed E-state index contributed by atoms with van der Waals surface area (Å²) in [5.74, 6) is 1.02. The maximum atomic E-state index is 6.82. The molecular formula is C51H36N4O2. The first-order valence-electron chi connectivity index (χ1n) is 19.6. The van der Waals surface area contributed by atoms with Gasteiger partial charge in [0.15, 0.2) is 0 Å². The Balaban J connectivity index is 0.980. The van der Waals surface area contributed by atoms with Crippen LogP contribution in [0.25, 0.3) is 83.7 Å². The minimum Gasteiger partial charge on any atom is -0.456 e. The van der Waals surface area contributed by atoms with E-state index in [2.05, 4.69) is 185 Å². The third-order valence-electron chi connectivity index (χ3n) is 11.8. The lowest BCUT2D eigenvalue weighted by atomic mass is 9.95. The topological polar surface area (TPSA) is 67.6 Å².